The van der Waals surface area contributed by atoms with Gasteiger partial charge < -0.3 is 12.2 Å². The van der Waals surface area contributed by atoms with Gasteiger partial charge in [0.15, 0.2) is 0 Å². The molecule has 1 unspecified atom stereocenters. The molecule has 0 aromatic rings. The summed E-state index contributed by atoms with van der Waals surface area (Å²) in [5.74, 6) is 0.685. The number of hydrogen-bond acceptors (Lipinski definition) is 1. The van der Waals surface area contributed by atoms with Gasteiger partial charge in [0.2, 0.25) is 0 Å². The Labute approximate surface area is 70.1 Å². The average molecular weight is 173 g/mol. The van der Waals surface area contributed by atoms with E-state index >= 15 is 0 Å². The molecule has 1 radical (unpaired) electrons. The van der Waals surface area contributed by atoms with Crippen LogP contribution in [0.25, 0.3) is 0 Å². The maximum Gasteiger partial charge on any atom is 0 e. The molecular weight excluding hydrogens is 163 g/mol. The van der Waals surface area contributed by atoms with Crippen LogP contribution in [0.2, 0.25) is 0 Å². The van der Waals surface area contributed by atoms with Crippen molar-refractivity contribution >= 4 is 0 Å². The molecule has 1 heterocycles. The zero-order valence-electron chi connectivity index (χ0n) is 4.48. The molecule has 1 saturated heterocycles. The van der Waals surface area contributed by atoms with Crippen molar-refractivity contribution in [3.63, 3.8) is 0 Å². The molecule has 1 N–H and O–H groups in total. The van der Waals surface area contributed by atoms with E-state index in [1.54, 1.807) is 0 Å². The van der Waals surface area contributed by atoms with Gasteiger partial charge in [0.05, 0.1) is 0 Å². The molecule has 0 amide bonds. The van der Waals surface area contributed by atoms with E-state index in [-0.39, 0.29) is 32.7 Å². The van der Waals surface area contributed by atoms with Crippen molar-refractivity contribution in [2.45, 2.75) is 6.42 Å². The van der Waals surface area contributed by atoms with Crippen LogP contribution in [0, 0.1) is 12.8 Å². The largest absolute Gasteiger partial charge is 0.339 e. The number of hydrogen-bond donors (Lipinski definition) is 1. The minimum absolute atomic E-state index is 0. The standard InChI is InChI=1S/C5H10N.Y/c1-5-2-3-6-4-5;/h5-6H,1-4H2;/q-1;. The van der Waals surface area contributed by atoms with Crippen LogP contribution in [0.15, 0.2) is 0 Å². The molecule has 0 aromatic carbocycles. The second-order valence-electron chi connectivity index (χ2n) is 1.86. The van der Waals surface area contributed by atoms with E-state index in [1.165, 1.54) is 13.0 Å². The van der Waals surface area contributed by atoms with Crippen LogP contribution in [-0.4, -0.2) is 13.1 Å². The summed E-state index contributed by atoms with van der Waals surface area (Å²) in [6.07, 6.45) is 1.26. The first-order chi connectivity index (χ1) is 2.89. The van der Waals surface area contributed by atoms with E-state index in [0.29, 0.717) is 5.92 Å². The van der Waals surface area contributed by atoms with E-state index in [1.807, 2.05) is 0 Å². The molecule has 0 bridgehead atoms. The van der Waals surface area contributed by atoms with Gasteiger partial charge in [-0.05, 0) is 13.1 Å². The second-order valence-corrected chi connectivity index (χ2v) is 1.86. The average Bonchev–Trinajstić information content (AvgIpc) is 1.86. The first-order valence-electron chi connectivity index (χ1n) is 2.43. The summed E-state index contributed by atoms with van der Waals surface area (Å²) >= 11 is 0. The van der Waals surface area contributed by atoms with Crippen LogP contribution in [0.4, 0.5) is 0 Å². The fourth-order valence-electron chi connectivity index (χ4n) is 0.714. The Morgan fingerprint density at radius 1 is 1.57 bits per heavy atom. The molecule has 2 heteroatoms. The number of rotatable bonds is 0. The molecule has 39 valence electrons. The third kappa shape index (κ3) is 2.79. The molecule has 1 fully saturated rings. The molecule has 1 nitrogen and oxygen atoms in total. The van der Waals surface area contributed by atoms with Gasteiger partial charge in [-0.3, -0.25) is 0 Å². The smallest absolute Gasteiger partial charge is 0 e. The van der Waals surface area contributed by atoms with Crippen molar-refractivity contribution in [1.82, 2.24) is 5.32 Å². The summed E-state index contributed by atoms with van der Waals surface area (Å²) < 4.78 is 0. The van der Waals surface area contributed by atoms with Crippen molar-refractivity contribution in [3.8, 4) is 0 Å². The Balaban J connectivity index is 0.000000360. The van der Waals surface area contributed by atoms with Gasteiger partial charge in [0.25, 0.3) is 0 Å². The normalized spacial score (nSPS) is 29.6. The zero-order chi connectivity index (χ0) is 4.41. The van der Waals surface area contributed by atoms with Crippen molar-refractivity contribution in [2.24, 2.45) is 5.92 Å². The minimum Gasteiger partial charge on any atom is -0.339 e. The maximum absolute atomic E-state index is 3.88. The molecule has 1 rings (SSSR count). The van der Waals surface area contributed by atoms with Crippen LogP contribution < -0.4 is 5.32 Å². The predicted molar refractivity (Wildman–Crippen MR) is 26.3 cm³/mol. The van der Waals surface area contributed by atoms with Crippen LogP contribution in [-0.2, 0) is 32.7 Å². The van der Waals surface area contributed by atoms with Gasteiger partial charge in [-0.15, -0.1) is 0 Å². The van der Waals surface area contributed by atoms with E-state index < -0.39 is 0 Å². The zero-order valence-corrected chi connectivity index (χ0v) is 7.32. The third-order valence-corrected chi connectivity index (χ3v) is 1.16. The molecule has 1 aliphatic heterocycles. The molecule has 7 heavy (non-hydrogen) atoms. The summed E-state index contributed by atoms with van der Waals surface area (Å²) in [6, 6.07) is 0. The van der Waals surface area contributed by atoms with Crippen molar-refractivity contribution < 1.29 is 32.7 Å². The van der Waals surface area contributed by atoms with Gasteiger partial charge in [0.1, 0.15) is 0 Å². The monoisotopic (exact) mass is 173 g/mol. The Kier molecular flexibility index (Phi) is 4.60. The summed E-state index contributed by atoms with van der Waals surface area (Å²) in [7, 11) is 0. The van der Waals surface area contributed by atoms with E-state index in [4.69, 9.17) is 0 Å². The van der Waals surface area contributed by atoms with Crippen LogP contribution in [0.5, 0.6) is 0 Å². The Hall–Kier alpha value is 1.06. The van der Waals surface area contributed by atoms with Gasteiger partial charge in [-0.25, -0.2) is 0 Å². The predicted octanol–water partition coefficient (Wildman–Crippen LogP) is 0.427. The molecule has 0 aliphatic carbocycles. The van der Waals surface area contributed by atoms with Gasteiger partial charge >= 0.3 is 0 Å². The summed E-state index contributed by atoms with van der Waals surface area (Å²) in [6.45, 7) is 6.17. The van der Waals surface area contributed by atoms with Crippen LogP contribution >= 0.6 is 0 Å². The van der Waals surface area contributed by atoms with Gasteiger partial charge in [0, 0.05) is 32.7 Å². The molecule has 0 aromatic heterocycles. The van der Waals surface area contributed by atoms with Crippen molar-refractivity contribution in [2.75, 3.05) is 13.1 Å². The van der Waals surface area contributed by atoms with E-state index in [9.17, 15) is 0 Å². The van der Waals surface area contributed by atoms with E-state index in [0.717, 1.165) is 6.54 Å². The second kappa shape index (κ2) is 3.99. The summed E-state index contributed by atoms with van der Waals surface area (Å²) in [5.41, 5.74) is 0. The van der Waals surface area contributed by atoms with Crippen LogP contribution in [0.1, 0.15) is 6.42 Å². The Morgan fingerprint density at radius 2 is 2.29 bits per heavy atom. The van der Waals surface area contributed by atoms with Crippen molar-refractivity contribution in [3.05, 3.63) is 6.92 Å². The van der Waals surface area contributed by atoms with Gasteiger partial charge in [-0.2, -0.15) is 5.92 Å². The van der Waals surface area contributed by atoms with E-state index in [2.05, 4.69) is 12.2 Å². The molecule has 0 saturated carbocycles. The first-order valence-corrected chi connectivity index (χ1v) is 2.43. The summed E-state index contributed by atoms with van der Waals surface area (Å²) in [5, 5.41) is 3.21. The fourth-order valence-corrected chi connectivity index (χ4v) is 0.714. The Morgan fingerprint density at radius 3 is 2.43 bits per heavy atom. The molecule has 1 atom stereocenters. The van der Waals surface area contributed by atoms with Crippen LogP contribution in [0.3, 0.4) is 0 Å². The molecule has 1 aliphatic rings. The fraction of sp³-hybridized carbons (Fsp3) is 0.800. The molecular formula is C5H10NY-. The first kappa shape index (κ1) is 8.06. The molecule has 0 spiro atoms. The third-order valence-electron chi connectivity index (χ3n) is 1.16. The minimum atomic E-state index is 0. The number of nitrogens with one attached hydrogen (secondary N) is 1. The topological polar surface area (TPSA) is 12.0 Å². The van der Waals surface area contributed by atoms with Gasteiger partial charge in [-0.1, -0.05) is 6.42 Å². The Bertz CT molecular complexity index is 41.3. The maximum atomic E-state index is 3.88. The summed E-state index contributed by atoms with van der Waals surface area (Å²) in [4.78, 5) is 0. The quantitative estimate of drug-likeness (QED) is 0.523. The van der Waals surface area contributed by atoms with Crippen molar-refractivity contribution in [1.29, 1.82) is 0 Å². The SMILES string of the molecule is [CH2-]C1CCNC1.[Y].